The Hall–Kier alpha value is -3.48. The van der Waals surface area contributed by atoms with Crippen molar-refractivity contribution in [2.24, 2.45) is 0 Å². The molecule has 2 heterocycles. The highest BCUT2D eigenvalue weighted by molar-refractivity contribution is 7.92. The fourth-order valence-electron chi connectivity index (χ4n) is 2.57. The number of carbonyl (C=O) groups excluding carboxylic acids is 1. The van der Waals surface area contributed by atoms with Gasteiger partial charge in [0.25, 0.3) is 15.9 Å². The third-order valence-corrected chi connectivity index (χ3v) is 5.39. The molecule has 164 valence electrons. The number of alkyl halides is 3. The Kier molecular flexibility index (Phi) is 6.53. The second-order valence-electron chi connectivity index (χ2n) is 6.29. The van der Waals surface area contributed by atoms with Gasteiger partial charge in [-0.3, -0.25) is 9.52 Å². The number of benzene rings is 1. The molecule has 2 aromatic heterocycles. The van der Waals surface area contributed by atoms with Crippen LogP contribution in [0.15, 0.2) is 60.3 Å². The summed E-state index contributed by atoms with van der Waals surface area (Å²) in [5.41, 5.74) is -1.42. The van der Waals surface area contributed by atoms with E-state index < -0.39 is 38.4 Å². The van der Waals surface area contributed by atoms with Gasteiger partial charge < -0.3 is 9.88 Å². The number of sulfonamides is 1. The van der Waals surface area contributed by atoms with Gasteiger partial charge in [-0.05, 0) is 24.6 Å². The van der Waals surface area contributed by atoms with Gasteiger partial charge in [-0.2, -0.15) is 13.2 Å². The molecule has 2 N–H and O–H groups in total. The number of aryl methyl sites for hydroxylation is 1. The van der Waals surface area contributed by atoms with Crippen molar-refractivity contribution in [2.75, 3.05) is 11.3 Å². The molecule has 9 nitrogen and oxygen atoms in total. The van der Waals surface area contributed by atoms with E-state index in [2.05, 4.69) is 20.3 Å². The predicted octanol–water partition coefficient (Wildman–Crippen LogP) is 2.31. The Morgan fingerprint density at radius 2 is 1.90 bits per heavy atom. The molecule has 0 spiro atoms. The fourth-order valence-corrected chi connectivity index (χ4v) is 3.63. The van der Waals surface area contributed by atoms with Gasteiger partial charge in [-0.1, -0.05) is 6.07 Å². The lowest BCUT2D eigenvalue weighted by atomic mass is 10.2. The Morgan fingerprint density at radius 3 is 2.61 bits per heavy atom. The Balaban J connectivity index is 1.71. The van der Waals surface area contributed by atoms with Gasteiger partial charge in [0.15, 0.2) is 11.5 Å². The highest BCUT2D eigenvalue weighted by atomic mass is 32.2. The van der Waals surface area contributed by atoms with E-state index in [9.17, 15) is 26.4 Å². The van der Waals surface area contributed by atoms with Crippen LogP contribution in [0.2, 0.25) is 0 Å². The number of imidazole rings is 1. The Labute approximate surface area is 175 Å². The van der Waals surface area contributed by atoms with E-state index in [1.54, 1.807) is 18.7 Å². The number of rotatable bonds is 8. The number of anilines is 1. The van der Waals surface area contributed by atoms with Crippen LogP contribution >= 0.6 is 0 Å². The molecular weight excluding hydrogens is 437 g/mol. The van der Waals surface area contributed by atoms with Crippen molar-refractivity contribution in [2.45, 2.75) is 24.0 Å². The van der Waals surface area contributed by atoms with Crippen LogP contribution in [0.4, 0.5) is 19.0 Å². The normalized spacial score (nSPS) is 11.8. The third kappa shape index (κ3) is 5.78. The van der Waals surface area contributed by atoms with Gasteiger partial charge in [-0.15, -0.1) is 0 Å². The van der Waals surface area contributed by atoms with Gasteiger partial charge in [0.05, 0.1) is 16.8 Å². The zero-order chi connectivity index (χ0) is 22.5. The van der Waals surface area contributed by atoms with Crippen LogP contribution in [0.5, 0.6) is 0 Å². The van der Waals surface area contributed by atoms with Crippen LogP contribution in [0.1, 0.15) is 22.5 Å². The van der Waals surface area contributed by atoms with Gasteiger partial charge in [0, 0.05) is 37.9 Å². The molecule has 1 amide bonds. The largest absolute Gasteiger partial charge is 0.416 e. The first-order valence-electron chi connectivity index (χ1n) is 8.92. The molecule has 0 unspecified atom stereocenters. The monoisotopic (exact) mass is 454 g/mol. The van der Waals surface area contributed by atoms with Crippen molar-refractivity contribution in [3.05, 3.63) is 66.6 Å². The predicted molar refractivity (Wildman–Crippen MR) is 103 cm³/mol. The van der Waals surface area contributed by atoms with Crippen molar-refractivity contribution in [3.63, 3.8) is 0 Å². The first kappa shape index (κ1) is 22.2. The molecule has 0 aliphatic heterocycles. The Morgan fingerprint density at radius 1 is 1.13 bits per heavy atom. The maximum atomic E-state index is 12.9. The summed E-state index contributed by atoms with van der Waals surface area (Å²) in [7, 11) is -4.45. The second kappa shape index (κ2) is 9.12. The average molecular weight is 454 g/mol. The SMILES string of the molecule is O=C(NCCCn1ccnc1)c1nccnc1NS(=O)(=O)c1cccc(C(F)(F)F)c1. The number of hydrogen-bond acceptors (Lipinski definition) is 6. The third-order valence-electron chi connectivity index (χ3n) is 4.05. The molecule has 0 saturated carbocycles. The highest BCUT2D eigenvalue weighted by Gasteiger charge is 2.32. The van der Waals surface area contributed by atoms with Crippen LogP contribution in [0, 0.1) is 0 Å². The summed E-state index contributed by atoms with van der Waals surface area (Å²) in [6, 6.07) is 3.23. The molecule has 0 radical (unpaired) electrons. The number of nitrogens with zero attached hydrogens (tertiary/aromatic N) is 4. The molecule has 13 heteroatoms. The van der Waals surface area contributed by atoms with Gasteiger partial charge in [-0.25, -0.2) is 23.4 Å². The van der Waals surface area contributed by atoms with E-state index in [4.69, 9.17) is 0 Å². The molecule has 1 aromatic carbocycles. The molecule has 0 aliphatic carbocycles. The Bertz CT molecular complexity index is 1150. The molecule has 3 rings (SSSR count). The minimum atomic E-state index is -4.71. The molecule has 0 saturated heterocycles. The lowest BCUT2D eigenvalue weighted by Crippen LogP contribution is -2.28. The number of halogens is 3. The van der Waals surface area contributed by atoms with Crippen molar-refractivity contribution >= 4 is 21.7 Å². The number of aromatic nitrogens is 4. The average Bonchev–Trinajstić information content (AvgIpc) is 3.24. The smallest absolute Gasteiger partial charge is 0.351 e. The standard InChI is InChI=1S/C18H17F3N6O3S/c19-18(20,21)13-3-1-4-14(11-13)31(29,30)26-16-15(23-6-7-24-16)17(28)25-5-2-9-27-10-8-22-12-27/h1,3-4,6-8,10-12H,2,5,9H2,(H,24,26)(H,25,28). The summed E-state index contributed by atoms with van der Waals surface area (Å²) in [4.78, 5) is 23.3. The fraction of sp³-hybridized carbons (Fsp3) is 0.222. The van der Waals surface area contributed by atoms with Gasteiger partial charge in [0.1, 0.15) is 0 Å². The molecular formula is C18H17F3N6O3S. The van der Waals surface area contributed by atoms with Crippen LogP contribution in [0.25, 0.3) is 0 Å². The number of nitrogens with one attached hydrogen (secondary N) is 2. The van der Waals surface area contributed by atoms with Crippen molar-refractivity contribution in [1.82, 2.24) is 24.8 Å². The molecule has 0 bridgehead atoms. The van der Waals surface area contributed by atoms with E-state index in [1.807, 2.05) is 9.29 Å². The van der Waals surface area contributed by atoms with E-state index in [0.717, 1.165) is 24.4 Å². The lowest BCUT2D eigenvalue weighted by Gasteiger charge is -2.12. The van der Waals surface area contributed by atoms with Crippen molar-refractivity contribution < 1.29 is 26.4 Å². The highest BCUT2D eigenvalue weighted by Crippen LogP contribution is 2.30. The number of carbonyl (C=O) groups is 1. The number of hydrogen-bond donors (Lipinski definition) is 2. The van der Waals surface area contributed by atoms with Crippen LogP contribution in [-0.2, 0) is 22.7 Å². The van der Waals surface area contributed by atoms with E-state index >= 15 is 0 Å². The zero-order valence-electron chi connectivity index (χ0n) is 15.9. The topological polar surface area (TPSA) is 119 Å². The summed E-state index contributed by atoms with van der Waals surface area (Å²) in [5, 5.41) is 2.60. The minimum Gasteiger partial charge on any atom is -0.351 e. The molecule has 0 fully saturated rings. The minimum absolute atomic E-state index is 0.271. The van der Waals surface area contributed by atoms with E-state index in [0.29, 0.717) is 19.0 Å². The summed E-state index contributed by atoms with van der Waals surface area (Å²) in [6.07, 6.45) is 3.24. The first-order chi connectivity index (χ1) is 14.7. The maximum absolute atomic E-state index is 12.9. The van der Waals surface area contributed by atoms with Crippen LogP contribution in [-0.4, -0.2) is 40.4 Å². The van der Waals surface area contributed by atoms with Crippen LogP contribution < -0.4 is 10.0 Å². The zero-order valence-corrected chi connectivity index (χ0v) is 16.7. The molecule has 0 atom stereocenters. The van der Waals surface area contributed by atoms with Crippen molar-refractivity contribution in [1.29, 1.82) is 0 Å². The van der Waals surface area contributed by atoms with E-state index in [-0.39, 0.29) is 12.2 Å². The van der Waals surface area contributed by atoms with E-state index in [1.165, 1.54) is 6.20 Å². The molecule has 31 heavy (non-hydrogen) atoms. The van der Waals surface area contributed by atoms with Crippen molar-refractivity contribution in [3.8, 4) is 0 Å². The summed E-state index contributed by atoms with van der Waals surface area (Å²) in [6.45, 7) is 0.878. The van der Waals surface area contributed by atoms with Crippen LogP contribution in [0.3, 0.4) is 0 Å². The van der Waals surface area contributed by atoms with Gasteiger partial charge >= 0.3 is 6.18 Å². The summed E-state index contributed by atoms with van der Waals surface area (Å²) >= 11 is 0. The summed E-state index contributed by atoms with van der Waals surface area (Å²) < 4.78 is 67.7. The quantitative estimate of drug-likeness (QED) is 0.504. The lowest BCUT2D eigenvalue weighted by molar-refractivity contribution is -0.137. The number of amides is 1. The summed E-state index contributed by atoms with van der Waals surface area (Å²) in [5.74, 6) is -1.08. The molecule has 0 aliphatic rings. The second-order valence-corrected chi connectivity index (χ2v) is 7.98. The first-order valence-corrected chi connectivity index (χ1v) is 10.4. The maximum Gasteiger partial charge on any atom is 0.416 e. The van der Waals surface area contributed by atoms with Gasteiger partial charge in [0.2, 0.25) is 0 Å². The molecule has 3 aromatic rings.